The molecule has 0 fully saturated rings. The summed E-state index contributed by atoms with van der Waals surface area (Å²) < 4.78 is 5.65. The minimum Gasteiger partial charge on any atom is -0.473 e. The molecule has 0 spiro atoms. The first-order valence-corrected chi connectivity index (χ1v) is 6.57. The second-order valence-electron chi connectivity index (χ2n) is 4.24. The van der Waals surface area contributed by atoms with Gasteiger partial charge in [-0.3, -0.25) is 0 Å². The average molecular weight is 278 g/mol. The topological polar surface area (TPSA) is 42.4 Å². The molecule has 0 aliphatic rings. The van der Waals surface area contributed by atoms with Gasteiger partial charge in [0.15, 0.2) is 0 Å². The first-order valence-electron chi connectivity index (χ1n) is 6.19. The highest BCUT2D eigenvalue weighted by Gasteiger charge is 2.03. The molecule has 0 aliphatic heterocycles. The summed E-state index contributed by atoms with van der Waals surface area (Å²) in [7, 11) is 0. The molecule has 1 heterocycles. The van der Waals surface area contributed by atoms with E-state index in [1.54, 1.807) is 6.07 Å². The Bertz CT molecular complexity index is 535. The van der Waals surface area contributed by atoms with Crippen LogP contribution in [0.3, 0.4) is 0 Å². The predicted octanol–water partition coefficient (Wildman–Crippen LogP) is 3.37. The van der Waals surface area contributed by atoms with E-state index in [4.69, 9.17) is 16.3 Å². The van der Waals surface area contributed by atoms with Crippen molar-refractivity contribution in [2.45, 2.75) is 26.6 Å². The third-order valence-electron chi connectivity index (χ3n) is 2.74. The van der Waals surface area contributed by atoms with Gasteiger partial charge >= 0.3 is 0 Å². The summed E-state index contributed by atoms with van der Waals surface area (Å²) in [6.07, 6.45) is 0.807. The summed E-state index contributed by atoms with van der Waals surface area (Å²) >= 11 is 5.92. The van der Waals surface area contributed by atoms with E-state index in [0.717, 1.165) is 23.2 Å². The highest BCUT2D eigenvalue weighted by atomic mass is 35.5. The van der Waals surface area contributed by atoms with Crippen LogP contribution in [0.5, 0.6) is 5.88 Å². The monoisotopic (exact) mass is 277 g/mol. The standard InChI is InChI=1S/C15H16ClNO2/c1-2-14-7-12(9-18)8-15(17-14)19-10-11-4-3-5-13(16)6-11/h3-8,18H,2,9-10H2,1H3. The van der Waals surface area contributed by atoms with E-state index in [9.17, 15) is 5.11 Å². The molecule has 2 aromatic rings. The van der Waals surface area contributed by atoms with Crippen LogP contribution in [0.2, 0.25) is 5.02 Å². The molecule has 100 valence electrons. The van der Waals surface area contributed by atoms with E-state index in [-0.39, 0.29) is 6.61 Å². The van der Waals surface area contributed by atoms with Crippen LogP contribution in [0.25, 0.3) is 0 Å². The number of aryl methyl sites for hydroxylation is 1. The highest BCUT2D eigenvalue weighted by molar-refractivity contribution is 6.30. The van der Waals surface area contributed by atoms with Gasteiger partial charge in [0.05, 0.1) is 6.61 Å². The molecular formula is C15H16ClNO2. The molecule has 2 rings (SSSR count). The van der Waals surface area contributed by atoms with Crippen molar-refractivity contribution < 1.29 is 9.84 Å². The maximum Gasteiger partial charge on any atom is 0.214 e. The lowest BCUT2D eigenvalue weighted by molar-refractivity contribution is 0.274. The number of aromatic nitrogens is 1. The molecule has 0 atom stereocenters. The molecule has 0 saturated heterocycles. The minimum atomic E-state index is -0.0109. The molecule has 0 unspecified atom stereocenters. The molecular weight excluding hydrogens is 262 g/mol. The zero-order valence-corrected chi connectivity index (χ0v) is 11.5. The van der Waals surface area contributed by atoms with Gasteiger partial charge in [-0.15, -0.1) is 0 Å². The fourth-order valence-electron chi connectivity index (χ4n) is 1.75. The number of nitrogens with zero attached hydrogens (tertiary/aromatic N) is 1. The summed E-state index contributed by atoms with van der Waals surface area (Å²) in [4.78, 5) is 4.37. The molecule has 1 aromatic carbocycles. The Labute approximate surface area is 117 Å². The van der Waals surface area contributed by atoms with Gasteiger partial charge in [-0.25, -0.2) is 4.98 Å². The van der Waals surface area contributed by atoms with Gasteiger partial charge in [0.25, 0.3) is 0 Å². The summed E-state index contributed by atoms with van der Waals surface area (Å²) in [5.41, 5.74) is 2.71. The zero-order valence-electron chi connectivity index (χ0n) is 10.8. The predicted molar refractivity (Wildman–Crippen MR) is 75.3 cm³/mol. The van der Waals surface area contributed by atoms with E-state index < -0.39 is 0 Å². The van der Waals surface area contributed by atoms with Crippen LogP contribution in [0.15, 0.2) is 36.4 Å². The van der Waals surface area contributed by atoms with Gasteiger partial charge in [0.2, 0.25) is 5.88 Å². The Morgan fingerprint density at radius 1 is 1.21 bits per heavy atom. The SMILES string of the molecule is CCc1cc(CO)cc(OCc2cccc(Cl)c2)n1. The second-order valence-corrected chi connectivity index (χ2v) is 4.67. The average Bonchev–Trinajstić information content (AvgIpc) is 2.44. The maximum atomic E-state index is 9.20. The lowest BCUT2D eigenvalue weighted by Gasteiger charge is -2.09. The Morgan fingerprint density at radius 3 is 2.74 bits per heavy atom. The normalized spacial score (nSPS) is 10.5. The number of pyridine rings is 1. The summed E-state index contributed by atoms with van der Waals surface area (Å²) in [5.74, 6) is 0.531. The van der Waals surface area contributed by atoms with E-state index >= 15 is 0 Å². The molecule has 19 heavy (non-hydrogen) atoms. The summed E-state index contributed by atoms with van der Waals surface area (Å²) in [6.45, 7) is 2.42. The molecule has 0 saturated carbocycles. The van der Waals surface area contributed by atoms with Gasteiger partial charge in [-0.05, 0) is 35.7 Å². The molecule has 0 aliphatic carbocycles. The van der Waals surface area contributed by atoms with E-state index in [1.165, 1.54) is 0 Å². The zero-order chi connectivity index (χ0) is 13.7. The Hall–Kier alpha value is -1.58. The number of aliphatic hydroxyl groups is 1. The smallest absolute Gasteiger partial charge is 0.214 e. The molecule has 4 heteroatoms. The number of hydrogen-bond donors (Lipinski definition) is 1. The molecule has 0 amide bonds. The van der Waals surface area contributed by atoms with Crippen molar-refractivity contribution in [3.63, 3.8) is 0 Å². The first-order chi connectivity index (χ1) is 9.21. The first kappa shape index (κ1) is 13.8. The molecule has 0 bridgehead atoms. The van der Waals surface area contributed by atoms with Gasteiger partial charge in [0, 0.05) is 16.8 Å². The van der Waals surface area contributed by atoms with Crippen molar-refractivity contribution in [3.05, 3.63) is 58.2 Å². The van der Waals surface area contributed by atoms with Crippen molar-refractivity contribution in [2.75, 3.05) is 0 Å². The number of halogens is 1. The van der Waals surface area contributed by atoms with Crippen LogP contribution < -0.4 is 4.74 Å². The van der Waals surface area contributed by atoms with E-state index in [0.29, 0.717) is 17.5 Å². The van der Waals surface area contributed by atoms with Crippen molar-refractivity contribution in [3.8, 4) is 5.88 Å². The van der Waals surface area contributed by atoms with Crippen LogP contribution in [-0.2, 0) is 19.6 Å². The Morgan fingerprint density at radius 2 is 2.05 bits per heavy atom. The highest BCUT2D eigenvalue weighted by Crippen LogP contribution is 2.16. The number of hydrogen-bond acceptors (Lipinski definition) is 3. The second kappa shape index (κ2) is 6.55. The number of ether oxygens (including phenoxy) is 1. The van der Waals surface area contributed by atoms with Gasteiger partial charge in [-0.1, -0.05) is 30.7 Å². The molecule has 3 nitrogen and oxygen atoms in total. The van der Waals surface area contributed by atoms with Gasteiger partial charge in [0.1, 0.15) is 6.61 Å². The lowest BCUT2D eigenvalue weighted by Crippen LogP contribution is -2.00. The maximum absolute atomic E-state index is 9.20. The molecule has 1 aromatic heterocycles. The largest absolute Gasteiger partial charge is 0.473 e. The number of rotatable bonds is 5. The third kappa shape index (κ3) is 3.94. The van der Waals surface area contributed by atoms with Crippen LogP contribution in [-0.4, -0.2) is 10.1 Å². The Balaban J connectivity index is 2.10. The van der Waals surface area contributed by atoms with Gasteiger partial charge in [-0.2, -0.15) is 0 Å². The van der Waals surface area contributed by atoms with Crippen molar-refractivity contribution in [1.82, 2.24) is 4.98 Å². The fraction of sp³-hybridized carbons (Fsp3) is 0.267. The quantitative estimate of drug-likeness (QED) is 0.911. The van der Waals surface area contributed by atoms with E-state index in [1.807, 2.05) is 37.3 Å². The van der Waals surface area contributed by atoms with Crippen molar-refractivity contribution in [1.29, 1.82) is 0 Å². The fourth-order valence-corrected chi connectivity index (χ4v) is 1.96. The van der Waals surface area contributed by atoms with Crippen molar-refractivity contribution in [2.24, 2.45) is 0 Å². The third-order valence-corrected chi connectivity index (χ3v) is 2.97. The summed E-state index contributed by atoms with van der Waals surface area (Å²) in [6, 6.07) is 11.2. The molecule has 0 radical (unpaired) electrons. The van der Waals surface area contributed by atoms with Gasteiger partial charge < -0.3 is 9.84 Å². The van der Waals surface area contributed by atoms with Crippen LogP contribution in [0.4, 0.5) is 0 Å². The number of aliphatic hydroxyl groups excluding tert-OH is 1. The Kier molecular flexibility index (Phi) is 4.77. The van der Waals surface area contributed by atoms with Crippen molar-refractivity contribution >= 4 is 11.6 Å². The van der Waals surface area contributed by atoms with E-state index in [2.05, 4.69) is 4.98 Å². The number of benzene rings is 1. The minimum absolute atomic E-state index is 0.0109. The van der Waals surface area contributed by atoms with Crippen LogP contribution in [0, 0.1) is 0 Å². The van der Waals surface area contributed by atoms with Crippen LogP contribution in [0.1, 0.15) is 23.7 Å². The summed E-state index contributed by atoms with van der Waals surface area (Å²) in [5, 5.41) is 9.89. The van der Waals surface area contributed by atoms with Crippen LogP contribution >= 0.6 is 11.6 Å². The lowest BCUT2D eigenvalue weighted by atomic mass is 10.2. The molecule has 1 N–H and O–H groups in total.